The smallest absolute Gasteiger partial charge is 0.266 e. The first-order valence-electron chi connectivity index (χ1n) is 12.1. The van der Waals surface area contributed by atoms with Crippen LogP contribution < -0.4 is 10.1 Å². The summed E-state index contributed by atoms with van der Waals surface area (Å²) in [6, 6.07) is 25.8. The van der Waals surface area contributed by atoms with E-state index >= 15 is 0 Å². The third-order valence-electron chi connectivity index (χ3n) is 6.20. The quantitative estimate of drug-likeness (QED) is 0.233. The molecule has 1 heterocycles. The minimum atomic E-state index is -0.425. The number of nitriles is 1. The van der Waals surface area contributed by atoms with Crippen LogP contribution in [0.25, 0.3) is 17.0 Å². The largest absolute Gasteiger partial charge is 0.492 e. The van der Waals surface area contributed by atoms with Crippen LogP contribution in [0.3, 0.4) is 0 Å². The van der Waals surface area contributed by atoms with Gasteiger partial charge in [0.15, 0.2) is 0 Å². The maximum Gasteiger partial charge on any atom is 0.266 e. The Hall–Kier alpha value is -4.30. The lowest BCUT2D eigenvalue weighted by atomic mass is 9.87. The molecule has 182 valence electrons. The molecular formula is C31H31N3O2. The van der Waals surface area contributed by atoms with Gasteiger partial charge in [-0.05, 0) is 53.8 Å². The third kappa shape index (κ3) is 5.67. The van der Waals surface area contributed by atoms with E-state index in [1.54, 1.807) is 6.08 Å². The maximum absolute atomic E-state index is 12.8. The molecule has 0 aliphatic heterocycles. The second-order valence-electron chi connectivity index (χ2n) is 9.86. The molecule has 3 aromatic carbocycles. The first-order valence-corrected chi connectivity index (χ1v) is 12.1. The monoisotopic (exact) mass is 477 g/mol. The number of fused-ring (bicyclic) bond motifs is 1. The van der Waals surface area contributed by atoms with Crippen LogP contribution in [-0.2, 0) is 16.8 Å². The number of hydrogen-bond acceptors (Lipinski definition) is 3. The van der Waals surface area contributed by atoms with Crippen molar-refractivity contribution in [2.75, 3.05) is 11.9 Å². The third-order valence-corrected chi connectivity index (χ3v) is 6.20. The number of nitrogens with one attached hydrogen (secondary N) is 1. The fourth-order valence-corrected chi connectivity index (χ4v) is 4.10. The molecular weight excluding hydrogens is 446 g/mol. The predicted molar refractivity (Wildman–Crippen MR) is 146 cm³/mol. The summed E-state index contributed by atoms with van der Waals surface area (Å²) in [5.74, 6) is 0.407. The molecule has 0 radical (unpaired) electrons. The summed E-state index contributed by atoms with van der Waals surface area (Å²) >= 11 is 0. The van der Waals surface area contributed by atoms with Crippen LogP contribution in [0.2, 0.25) is 0 Å². The number of ether oxygens (including phenoxy) is 1. The number of para-hydroxylation sites is 2. The van der Waals surface area contributed by atoms with Gasteiger partial charge in [0.2, 0.25) is 0 Å². The Labute approximate surface area is 212 Å². The molecule has 4 aromatic rings. The van der Waals surface area contributed by atoms with Crippen molar-refractivity contribution < 1.29 is 9.53 Å². The van der Waals surface area contributed by atoms with E-state index in [2.05, 4.69) is 48.9 Å². The molecule has 1 N–H and O–H groups in total. The van der Waals surface area contributed by atoms with E-state index in [-0.39, 0.29) is 11.0 Å². The predicted octanol–water partition coefficient (Wildman–Crippen LogP) is 6.87. The van der Waals surface area contributed by atoms with Gasteiger partial charge in [0, 0.05) is 28.4 Å². The molecule has 0 aliphatic carbocycles. The van der Waals surface area contributed by atoms with Crippen LogP contribution in [0, 0.1) is 18.3 Å². The highest BCUT2D eigenvalue weighted by Crippen LogP contribution is 2.26. The number of nitrogens with zero attached hydrogens (tertiary/aromatic N) is 2. The van der Waals surface area contributed by atoms with Gasteiger partial charge >= 0.3 is 0 Å². The van der Waals surface area contributed by atoms with Crippen molar-refractivity contribution >= 4 is 28.6 Å². The summed E-state index contributed by atoms with van der Waals surface area (Å²) in [7, 11) is 0. The van der Waals surface area contributed by atoms with Crippen LogP contribution in [0.4, 0.5) is 5.69 Å². The second-order valence-corrected chi connectivity index (χ2v) is 9.86. The van der Waals surface area contributed by atoms with Crippen molar-refractivity contribution in [2.24, 2.45) is 0 Å². The molecule has 0 saturated heterocycles. The van der Waals surface area contributed by atoms with Gasteiger partial charge in [0.25, 0.3) is 5.91 Å². The molecule has 1 aromatic heterocycles. The maximum atomic E-state index is 12.8. The summed E-state index contributed by atoms with van der Waals surface area (Å²) in [6.45, 7) is 9.62. The van der Waals surface area contributed by atoms with E-state index in [0.29, 0.717) is 18.8 Å². The van der Waals surface area contributed by atoms with Crippen molar-refractivity contribution in [1.82, 2.24) is 4.57 Å². The molecule has 5 heteroatoms. The van der Waals surface area contributed by atoms with E-state index < -0.39 is 5.91 Å². The van der Waals surface area contributed by atoms with Gasteiger partial charge in [-0.3, -0.25) is 4.79 Å². The van der Waals surface area contributed by atoms with E-state index in [4.69, 9.17) is 4.74 Å². The fraction of sp³-hybridized carbons (Fsp3) is 0.226. The first kappa shape index (κ1) is 24.8. The van der Waals surface area contributed by atoms with E-state index in [1.165, 1.54) is 5.56 Å². The minimum absolute atomic E-state index is 0.0522. The van der Waals surface area contributed by atoms with Gasteiger partial charge in [-0.1, -0.05) is 69.3 Å². The first-order chi connectivity index (χ1) is 17.3. The zero-order chi connectivity index (χ0) is 25.7. The fourth-order valence-electron chi connectivity index (χ4n) is 4.10. The summed E-state index contributed by atoms with van der Waals surface area (Å²) in [5, 5.41) is 13.5. The molecule has 0 saturated carbocycles. The molecule has 5 nitrogen and oxygen atoms in total. The SMILES string of the molecule is Cc1ccccc1NC(=O)C(C#N)=Cc1cn(CCOc2ccc(C(C)(C)C)cc2)c2ccccc12. The Kier molecular flexibility index (Phi) is 7.26. The standard InChI is InChI=1S/C31H31N3O2/c1-22-9-5-7-11-28(22)33-30(35)23(20-32)19-24-21-34(29-12-8-6-10-27(24)29)17-18-36-26-15-13-25(14-16-26)31(2,3)4/h5-16,19,21H,17-18H2,1-4H3,(H,33,35). The highest BCUT2D eigenvalue weighted by Gasteiger charge is 2.15. The molecule has 1 amide bonds. The Bertz CT molecular complexity index is 1450. The number of carbonyl (C=O) groups excluding carboxylic acids is 1. The van der Waals surface area contributed by atoms with Crippen molar-refractivity contribution in [2.45, 2.75) is 39.7 Å². The van der Waals surface area contributed by atoms with Crippen LogP contribution in [-0.4, -0.2) is 17.1 Å². The highest BCUT2D eigenvalue weighted by atomic mass is 16.5. The molecule has 36 heavy (non-hydrogen) atoms. The highest BCUT2D eigenvalue weighted by molar-refractivity contribution is 6.11. The average Bonchev–Trinajstić information content (AvgIpc) is 3.21. The molecule has 0 fully saturated rings. The number of aromatic nitrogens is 1. The Morgan fingerprint density at radius 2 is 1.72 bits per heavy atom. The van der Waals surface area contributed by atoms with E-state index in [9.17, 15) is 10.1 Å². The van der Waals surface area contributed by atoms with Crippen LogP contribution in [0.15, 0.2) is 84.6 Å². The number of aryl methyl sites for hydroxylation is 1. The van der Waals surface area contributed by atoms with Gasteiger partial charge in [-0.15, -0.1) is 0 Å². The summed E-state index contributed by atoms with van der Waals surface area (Å²) in [4.78, 5) is 12.8. The molecule has 0 spiro atoms. The zero-order valence-electron chi connectivity index (χ0n) is 21.2. The lowest BCUT2D eigenvalue weighted by Crippen LogP contribution is -2.14. The van der Waals surface area contributed by atoms with Crippen LogP contribution >= 0.6 is 0 Å². The minimum Gasteiger partial charge on any atom is -0.492 e. The summed E-state index contributed by atoms with van der Waals surface area (Å²) in [5.41, 5.74) is 4.89. The van der Waals surface area contributed by atoms with Gasteiger partial charge in [-0.25, -0.2) is 0 Å². The molecule has 0 unspecified atom stereocenters. The molecule has 0 atom stereocenters. The molecule has 4 rings (SSSR count). The lowest BCUT2D eigenvalue weighted by molar-refractivity contribution is -0.112. The van der Waals surface area contributed by atoms with Crippen LogP contribution in [0.1, 0.15) is 37.5 Å². The van der Waals surface area contributed by atoms with E-state index in [1.807, 2.05) is 73.8 Å². The van der Waals surface area contributed by atoms with Crippen molar-refractivity contribution in [3.05, 3.63) is 101 Å². The average molecular weight is 478 g/mol. The van der Waals surface area contributed by atoms with Gasteiger partial charge in [0.05, 0.1) is 6.54 Å². The van der Waals surface area contributed by atoms with Gasteiger partial charge < -0.3 is 14.6 Å². The van der Waals surface area contributed by atoms with Gasteiger partial charge in [-0.2, -0.15) is 5.26 Å². The number of carbonyl (C=O) groups is 1. The number of rotatable bonds is 7. The van der Waals surface area contributed by atoms with E-state index in [0.717, 1.165) is 27.8 Å². The Balaban J connectivity index is 1.52. The number of benzene rings is 3. The van der Waals surface area contributed by atoms with Crippen molar-refractivity contribution in [3.8, 4) is 11.8 Å². The summed E-state index contributed by atoms with van der Waals surface area (Å²) < 4.78 is 8.10. The number of anilines is 1. The molecule has 0 aliphatic rings. The van der Waals surface area contributed by atoms with Crippen molar-refractivity contribution in [1.29, 1.82) is 5.26 Å². The summed E-state index contributed by atoms with van der Waals surface area (Å²) in [6.07, 6.45) is 3.62. The van der Waals surface area contributed by atoms with Gasteiger partial charge in [0.1, 0.15) is 24.0 Å². The number of amides is 1. The van der Waals surface area contributed by atoms with Crippen LogP contribution in [0.5, 0.6) is 5.75 Å². The van der Waals surface area contributed by atoms with Crippen molar-refractivity contribution in [3.63, 3.8) is 0 Å². The molecule has 0 bridgehead atoms. The lowest BCUT2D eigenvalue weighted by Gasteiger charge is -2.19. The Morgan fingerprint density at radius 3 is 2.42 bits per heavy atom. The topological polar surface area (TPSA) is 67.0 Å². The zero-order valence-corrected chi connectivity index (χ0v) is 21.2. The second kappa shape index (κ2) is 10.5. The number of hydrogen-bond donors (Lipinski definition) is 1. The Morgan fingerprint density at radius 1 is 1.03 bits per heavy atom. The normalized spacial score (nSPS) is 11.8.